The molecule has 2 saturated heterocycles. The Balaban J connectivity index is 1.55. The molecule has 28 heavy (non-hydrogen) atoms. The van der Waals surface area contributed by atoms with Crippen molar-refractivity contribution < 1.29 is 9.53 Å². The van der Waals surface area contributed by atoms with E-state index in [4.69, 9.17) is 4.74 Å². The van der Waals surface area contributed by atoms with Crippen molar-refractivity contribution in [2.45, 2.75) is 38.8 Å². The minimum Gasteiger partial charge on any atom is -0.370 e. The van der Waals surface area contributed by atoms with E-state index in [0.29, 0.717) is 13.2 Å². The molecule has 150 valence electrons. The lowest BCUT2D eigenvalue weighted by atomic mass is 9.89. The van der Waals surface area contributed by atoms with Crippen molar-refractivity contribution in [2.24, 2.45) is 13.0 Å². The van der Waals surface area contributed by atoms with Crippen LogP contribution in [0.25, 0.3) is 0 Å². The summed E-state index contributed by atoms with van der Waals surface area (Å²) in [6, 6.07) is 6.53. The van der Waals surface area contributed by atoms with Gasteiger partial charge in [-0.15, -0.1) is 0 Å². The molecule has 3 heterocycles. The van der Waals surface area contributed by atoms with Gasteiger partial charge in [-0.25, -0.2) is 0 Å². The summed E-state index contributed by atoms with van der Waals surface area (Å²) in [5, 5.41) is 7.70. The van der Waals surface area contributed by atoms with Gasteiger partial charge in [0.15, 0.2) is 0 Å². The Morgan fingerprint density at radius 3 is 2.86 bits per heavy atom. The number of amides is 1. The molecule has 0 bridgehead atoms. The van der Waals surface area contributed by atoms with Crippen molar-refractivity contribution in [2.75, 3.05) is 26.2 Å². The summed E-state index contributed by atoms with van der Waals surface area (Å²) >= 11 is 0. The van der Waals surface area contributed by atoms with Crippen molar-refractivity contribution in [3.63, 3.8) is 0 Å². The van der Waals surface area contributed by atoms with Gasteiger partial charge in [0.25, 0.3) is 0 Å². The third-order valence-electron chi connectivity index (χ3n) is 6.18. The topological polar surface area (TPSA) is 59.4 Å². The first kappa shape index (κ1) is 19.2. The first-order chi connectivity index (χ1) is 13.4. The summed E-state index contributed by atoms with van der Waals surface area (Å²) in [5.41, 5.74) is 4.77. The SMILES string of the molecule is Cc1ccc(C)c(C2CN(C(=O)[C@H]3CNC[C@@H]3c3cnn(C)c3)C(C)CO2)c1. The molecule has 4 atom stereocenters. The van der Waals surface area contributed by atoms with Crippen LogP contribution in [0.1, 0.15) is 41.2 Å². The number of benzene rings is 1. The Bertz CT molecular complexity index is 862. The van der Waals surface area contributed by atoms with Crippen LogP contribution in [0.15, 0.2) is 30.6 Å². The average molecular weight is 383 g/mol. The standard InChI is InChI=1S/C22H30N4O2/c1-14-5-6-15(2)18(7-14)21-12-26(16(3)13-28-21)22(27)20-10-23-9-19(20)17-8-24-25(4)11-17/h5-8,11,16,19-21,23H,9-10,12-13H2,1-4H3/t16?,19-,20+,21?/m1/s1. The second kappa shape index (κ2) is 7.68. The lowest BCUT2D eigenvalue weighted by molar-refractivity contribution is -0.148. The predicted molar refractivity (Wildman–Crippen MR) is 108 cm³/mol. The van der Waals surface area contributed by atoms with E-state index in [0.717, 1.165) is 18.7 Å². The molecular weight excluding hydrogens is 352 g/mol. The van der Waals surface area contributed by atoms with Crippen molar-refractivity contribution in [1.82, 2.24) is 20.0 Å². The van der Waals surface area contributed by atoms with Crippen molar-refractivity contribution in [3.8, 4) is 0 Å². The second-order valence-electron chi connectivity index (χ2n) is 8.34. The number of nitrogens with one attached hydrogen (secondary N) is 1. The fraction of sp³-hybridized carbons (Fsp3) is 0.545. The largest absolute Gasteiger partial charge is 0.370 e. The number of nitrogens with zero attached hydrogens (tertiary/aromatic N) is 3. The van der Waals surface area contributed by atoms with Crippen LogP contribution < -0.4 is 5.32 Å². The van der Waals surface area contributed by atoms with Crippen LogP contribution in [0, 0.1) is 19.8 Å². The highest BCUT2D eigenvalue weighted by Gasteiger charge is 2.40. The van der Waals surface area contributed by atoms with Crippen LogP contribution in [-0.2, 0) is 16.6 Å². The maximum atomic E-state index is 13.5. The third kappa shape index (κ3) is 3.59. The van der Waals surface area contributed by atoms with Gasteiger partial charge in [0.05, 0.1) is 31.3 Å². The molecule has 1 amide bonds. The van der Waals surface area contributed by atoms with Crippen LogP contribution in [0.4, 0.5) is 0 Å². The lowest BCUT2D eigenvalue weighted by Crippen LogP contribution is -2.51. The van der Waals surface area contributed by atoms with Gasteiger partial charge in [-0.2, -0.15) is 5.10 Å². The highest BCUT2D eigenvalue weighted by Crippen LogP contribution is 2.33. The molecule has 0 radical (unpaired) electrons. The monoisotopic (exact) mass is 382 g/mol. The van der Waals surface area contributed by atoms with E-state index < -0.39 is 0 Å². The quantitative estimate of drug-likeness (QED) is 0.885. The highest BCUT2D eigenvalue weighted by atomic mass is 16.5. The second-order valence-corrected chi connectivity index (χ2v) is 8.34. The third-order valence-corrected chi connectivity index (χ3v) is 6.18. The fourth-order valence-electron chi connectivity index (χ4n) is 4.49. The fourth-order valence-corrected chi connectivity index (χ4v) is 4.49. The minimum atomic E-state index is -0.0637. The highest BCUT2D eigenvalue weighted by molar-refractivity contribution is 5.81. The first-order valence-electron chi connectivity index (χ1n) is 10.1. The van der Waals surface area contributed by atoms with Crippen molar-refractivity contribution in [1.29, 1.82) is 0 Å². The Hall–Kier alpha value is -2.18. The number of hydrogen-bond acceptors (Lipinski definition) is 4. The molecule has 1 N–H and O–H groups in total. The number of rotatable bonds is 3. The molecule has 2 unspecified atom stereocenters. The van der Waals surface area contributed by atoms with Crippen LogP contribution >= 0.6 is 0 Å². The summed E-state index contributed by atoms with van der Waals surface area (Å²) in [6.45, 7) is 9.01. The average Bonchev–Trinajstić information content (AvgIpc) is 3.32. The number of carbonyl (C=O) groups excluding carboxylic acids is 1. The maximum Gasteiger partial charge on any atom is 0.228 e. The Kier molecular flexibility index (Phi) is 5.25. The molecule has 1 aromatic carbocycles. The lowest BCUT2D eigenvalue weighted by Gasteiger charge is -2.40. The Morgan fingerprint density at radius 1 is 1.29 bits per heavy atom. The smallest absolute Gasteiger partial charge is 0.228 e. The molecule has 4 rings (SSSR count). The number of ether oxygens (including phenoxy) is 1. The zero-order chi connectivity index (χ0) is 19.8. The molecule has 2 aliphatic heterocycles. The van der Waals surface area contributed by atoms with E-state index in [-0.39, 0.29) is 29.9 Å². The molecule has 0 aliphatic carbocycles. The maximum absolute atomic E-state index is 13.5. The van der Waals surface area contributed by atoms with Crippen LogP contribution in [0.3, 0.4) is 0 Å². The van der Waals surface area contributed by atoms with Gasteiger partial charge in [0.1, 0.15) is 6.10 Å². The van der Waals surface area contributed by atoms with E-state index in [9.17, 15) is 4.79 Å². The number of morpholine rings is 1. The summed E-state index contributed by atoms with van der Waals surface area (Å²) in [6.07, 6.45) is 3.85. The van der Waals surface area contributed by atoms with Crippen LogP contribution in [0.5, 0.6) is 0 Å². The van der Waals surface area contributed by atoms with Gasteiger partial charge in [0, 0.05) is 32.3 Å². The molecule has 6 nitrogen and oxygen atoms in total. The summed E-state index contributed by atoms with van der Waals surface area (Å²) in [5.74, 6) is 0.351. The van der Waals surface area contributed by atoms with Gasteiger partial charge >= 0.3 is 0 Å². The van der Waals surface area contributed by atoms with Gasteiger partial charge in [-0.1, -0.05) is 23.8 Å². The molecule has 0 spiro atoms. The first-order valence-corrected chi connectivity index (χ1v) is 10.1. The van der Waals surface area contributed by atoms with E-state index in [1.165, 1.54) is 16.7 Å². The molecule has 6 heteroatoms. The molecular formula is C22H30N4O2. The number of hydrogen-bond donors (Lipinski definition) is 1. The summed E-state index contributed by atoms with van der Waals surface area (Å²) < 4.78 is 7.96. The molecule has 1 aromatic heterocycles. The summed E-state index contributed by atoms with van der Waals surface area (Å²) in [7, 11) is 1.92. The van der Waals surface area contributed by atoms with Gasteiger partial charge in [0.2, 0.25) is 5.91 Å². The van der Waals surface area contributed by atoms with E-state index in [1.54, 1.807) is 0 Å². The van der Waals surface area contributed by atoms with E-state index in [2.05, 4.69) is 49.4 Å². The molecule has 2 fully saturated rings. The van der Waals surface area contributed by atoms with Gasteiger partial charge in [-0.05, 0) is 37.5 Å². The summed E-state index contributed by atoms with van der Waals surface area (Å²) in [4.78, 5) is 15.6. The van der Waals surface area contributed by atoms with Crippen LogP contribution in [-0.4, -0.2) is 52.9 Å². The zero-order valence-corrected chi connectivity index (χ0v) is 17.2. The molecule has 2 aromatic rings. The number of aromatic nitrogens is 2. The normalized spacial score (nSPS) is 27.9. The number of carbonyl (C=O) groups is 1. The molecule has 0 saturated carbocycles. The van der Waals surface area contributed by atoms with E-state index >= 15 is 0 Å². The van der Waals surface area contributed by atoms with Crippen molar-refractivity contribution in [3.05, 3.63) is 52.8 Å². The molecule has 2 aliphatic rings. The number of aryl methyl sites for hydroxylation is 3. The van der Waals surface area contributed by atoms with Crippen LogP contribution in [0.2, 0.25) is 0 Å². The van der Waals surface area contributed by atoms with Crippen molar-refractivity contribution >= 4 is 5.91 Å². The van der Waals surface area contributed by atoms with Gasteiger partial charge in [-0.3, -0.25) is 9.48 Å². The Labute approximate surface area is 166 Å². The predicted octanol–water partition coefficient (Wildman–Crippen LogP) is 2.33. The van der Waals surface area contributed by atoms with E-state index in [1.807, 2.05) is 29.0 Å². The minimum absolute atomic E-state index is 0.0518. The Morgan fingerprint density at radius 2 is 2.11 bits per heavy atom. The van der Waals surface area contributed by atoms with Gasteiger partial charge < -0.3 is 15.0 Å². The zero-order valence-electron chi connectivity index (χ0n) is 17.2.